The third-order valence-electron chi connectivity index (χ3n) is 10.7. The Hall–Kier alpha value is -6.42. The van der Waals surface area contributed by atoms with E-state index in [9.17, 15) is 66.0 Å². The number of hydrogen-bond donors (Lipinski definition) is 10. The maximum atomic E-state index is 13.2. The van der Waals surface area contributed by atoms with Gasteiger partial charge in [-0.3, -0.25) is 22.0 Å². The number of ether oxygens (including phenoxy) is 1. The van der Waals surface area contributed by atoms with Crippen molar-refractivity contribution in [3.8, 4) is 17.2 Å². The minimum atomic E-state index is -5.40. The number of azo groups is 2. The zero-order valence-corrected chi connectivity index (χ0v) is 48.7. The van der Waals surface area contributed by atoms with Crippen LogP contribution in [0.3, 0.4) is 0 Å². The summed E-state index contributed by atoms with van der Waals surface area (Å²) in [6.45, 7) is -0.889. The van der Waals surface area contributed by atoms with E-state index in [0.717, 1.165) is 54.6 Å². The van der Waals surface area contributed by atoms with Crippen LogP contribution < -0.4 is 15.4 Å². The molecule has 0 bridgehead atoms. The molecular weight excluding hydrogens is 1330 g/mol. The number of phenols is 2. The fourth-order valence-corrected chi connectivity index (χ4v) is 12.4. The van der Waals surface area contributed by atoms with Gasteiger partial charge in [-0.1, -0.05) is 15.1 Å². The lowest BCUT2D eigenvalue weighted by atomic mass is 10.1. The molecule has 45 heteroatoms. The van der Waals surface area contributed by atoms with Crippen LogP contribution in [0.5, 0.6) is 17.2 Å². The molecular formula is C40H34ClN9O27S8. The van der Waals surface area contributed by atoms with Gasteiger partial charge in [0.1, 0.15) is 27.7 Å². The number of rotatable bonds is 29. The Kier molecular flexibility index (Phi) is 21.7. The van der Waals surface area contributed by atoms with E-state index in [1.807, 2.05) is 0 Å². The average Bonchev–Trinajstić information content (AvgIpc) is 1.44. The summed E-state index contributed by atoms with van der Waals surface area (Å²) >= 11 is 6.77. The van der Waals surface area contributed by atoms with Crippen LogP contribution in [0.15, 0.2) is 129 Å². The molecule has 456 valence electrons. The number of aromatic hydroxyl groups is 2. The SMILES string of the molecule is COc1ccc(S(=O)(=O)CCOSOOO)cc1/N=N/c1c(SOOO)cc2cc(S(=O)(=O)O)cc(Nc3nc(Cl)nc(Nc4cc(S(=O)(=O)O)cc5cc(S(=O)(=O)O)c(/N=N/c6ccc(S(=O)(=O)CCOSOOO)cc6)c(O)c45)n3)c2c1O. The number of sulfone groups is 2. The highest BCUT2D eigenvalue weighted by molar-refractivity contribution is 7.94. The highest BCUT2D eigenvalue weighted by Gasteiger charge is 2.28. The van der Waals surface area contributed by atoms with Crippen molar-refractivity contribution in [2.45, 2.75) is 29.4 Å². The molecule has 0 radical (unpaired) electrons. The summed E-state index contributed by atoms with van der Waals surface area (Å²) in [5.41, 5.74) is -3.05. The fourth-order valence-electron chi connectivity index (χ4n) is 7.15. The maximum absolute atomic E-state index is 13.2. The molecule has 0 amide bonds. The van der Waals surface area contributed by atoms with Crippen molar-refractivity contribution in [3.05, 3.63) is 84.1 Å². The number of nitrogens with one attached hydrogen (secondary N) is 2. The normalized spacial score (nSPS) is 12.7. The first-order valence-corrected chi connectivity index (χ1v) is 32.0. The zero-order valence-electron chi connectivity index (χ0n) is 41.4. The summed E-state index contributed by atoms with van der Waals surface area (Å²) in [5.74, 6) is -4.67. The molecule has 0 aliphatic rings. The van der Waals surface area contributed by atoms with E-state index in [4.69, 9.17) is 40.5 Å². The Labute approximate surface area is 494 Å². The van der Waals surface area contributed by atoms with Gasteiger partial charge in [-0.25, -0.2) is 32.6 Å². The van der Waals surface area contributed by atoms with E-state index in [2.05, 4.69) is 74.2 Å². The zero-order chi connectivity index (χ0) is 62.1. The Morgan fingerprint density at radius 3 is 1.55 bits per heavy atom. The van der Waals surface area contributed by atoms with Gasteiger partial charge in [-0.15, -0.1) is 28.3 Å². The van der Waals surface area contributed by atoms with Crippen LogP contribution in [0.2, 0.25) is 5.28 Å². The van der Waals surface area contributed by atoms with Crippen LogP contribution in [0, 0.1) is 0 Å². The van der Waals surface area contributed by atoms with Gasteiger partial charge < -0.3 is 25.6 Å². The van der Waals surface area contributed by atoms with Crippen molar-refractivity contribution in [3.63, 3.8) is 0 Å². The number of halogens is 1. The van der Waals surface area contributed by atoms with Gasteiger partial charge in [0.05, 0.1) is 85.4 Å². The number of nitrogens with zero attached hydrogens (tertiary/aromatic N) is 7. The van der Waals surface area contributed by atoms with Gasteiger partial charge in [0.2, 0.25) is 17.2 Å². The van der Waals surface area contributed by atoms with Gasteiger partial charge in [0.25, 0.3) is 30.4 Å². The van der Waals surface area contributed by atoms with Crippen LogP contribution in [-0.4, -0.2) is 129 Å². The molecule has 6 aromatic carbocycles. The molecule has 1 aromatic heterocycles. The van der Waals surface area contributed by atoms with Crippen molar-refractivity contribution in [2.75, 3.05) is 42.5 Å². The molecule has 7 aromatic rings. The second-order valence-electron chi connectivity index (χ2n) is 15.9. The number of benzene rings is 6. The van der Waals surface area contributed by atoms with Crippen molar-refractivity contribution >= 4 is 166 Å². The number of phenolic OH excluding ortho intramolecular Hbond substituents is 2. The molecule has 0 saturated carbocycles. The van der Waals surface area contributed by atoms with Crippen molar-refractivity contribution in [1.82, 2.24) is 15.0 Å². The largest absolute Gasteiger partial charge is 0.505 e. The number of anilines is 4. The Balaban J connectivity index is 1.31. The van der Waals surface area contributed by atoms with Crippen molar-refractivity contribution in [2.24, 2.45) is 20.5 Å². The number of fused-ring (bicyclic) bond motifs is 2. The van der Waals surface area contributed by atoms with Gasteiger partial charge in [-0.05, 0) is 101 Å². The molecule has 0 saturated heterocycles. The molecule has 0 aliphatic carbocycles. The topological polar surface area (TPSA) is 528 Å². The molecule has 10 N–H and O–H groups in total. The summed E-state index contributed by atoms with van der Waals surface area (Å²) in [6.07, 6.45) is 0. The lowest BCUT2D eigenvalue weighted by molar-refractivity contribution is -0.434. The van der Waals surface area contributed by atoms with Gasteiger partial charge in [0, 0.05) is 10.8 Å². The lowest BCUT2D eigenvalue weighted by Gasteiger charge is -2.16. The molecule has 0 atom stereocenters. The van der Waals surface area contributed by atoms with E-state index in [1.54, 1.807) is 0 Å². The number of hydrogen-bond acceptors (Lipinski definition) is 36. The lowest BCUT2D eigenvalue weighted by Crippen LogP contribution is -2.11. The van der Waals surface area contributed by atoms with E-state index in [-0.39, 0.29) is 79.3 Å². The second kappa shape index (κ2) is 28.0. The molecule has 0 unspecified atom stereocenters. The van der Waals surface area contributed by atoms with Crippen LogP contribution in [0.4, 0.5) is 46.0 Å². The third-order valence-corrected chi connectivity index (χ3v) is 18.1. The summed E-state index contributed by atoms with van der Waals surface area (Å²) in [5, 5.41) is 78.1. The van der Waals surface area contributed by atoms with Gasteiger partial charge in [0.15, 0.2) is 55.8 Å². The summed E-state index contributed by atoms with van der Waals surface area (Å²) < 4.78 is 186. The molecule has 7 rings (SSSR count). The Bertz CT molecular complexity index is 4330. The smallest absolute Gasteiger partial charge is 0.296 e. The number of aromatic nitrogens is 3. The second-order valence-corrected chi connectivity index (χ2v) is 26.4. The highest BCUT2D eigenvalue weighted by Crippen LogP contribution is 2.49. The quantitative estimate of drug-likeness (QED) is 0.00526. The minimum absolute atomic E-state index is 0.0645. The summed E-state index contributed by atoms with van der Waals surface area (Å²) in [6, 6.07) is 12.5. The van der Waals surface area contributed by atoms with Crippen molar-refractivity contribution in [1.29, 1.82) is 0 Å². The molecule has 0 spiro atoms. The van der Waals surface area contributed by atoms with Crippen LogP contribution in [-0.2, 0) is 86.5 Å². The third kappa shape index (κ3) is 16.8. The molecule has 1 heterocycles. The summed E-state index contributed by atoms with van der Waals surface area (Å²) in [7, 11) is -22.7. The monoisotopic (exact) mass is 1360 g/mol. The van der Waals surface area contributed by atoms with Crippen LogP contribution in [0.1, 0.15) is 0 Å². The van der Waals surface area contributed by atoms with E-state index in [0.29, 0.717) is 18.2 Å². The first kappa shape index (κ1) is 66.1. The Morgan fingerprint density at radius 2 is 1.05 bits per heavy atom. The van der Waals surface area contributed by atoms with Crippen LogP contribution in [0.25, 0.3) is 21.5 Å². The maximum Gasteiger partial charge on any atom is 0.296 e. The standard InChI is InChI=1S/C40H34ClN9O27S8/c1-69-29-7-6-23(82(58,59)11-9-71-80-77-74-55)16-26(29)48-49-34-30(78-75-72-53)14-19-12-24(83(60,61)62)17-27(32(19)36(34)51)42-39-44-38(41)45-40(46-39)43-28-18-25(84(63,64)65)13-20-15-31(85(66,67)68)35(37(52)33(20)28)50-47-21-2-4-22(5-3-21)81(56,57)10-8-70-79-76-73-54/h2-7,12-18,51-55H,8-11H2,1H3,(H,60,61,62)(H,63,64,65)(H,66,67,68)(H2,42,43,44,45,46)/b49-48+,50-47+. The fraction of sp³-hybridized carbons (Fsp3) is 0.125. The molecule has 36 nitrogen and oxygen atoms in total. The van der Waals surface area contributed by atoms with Crippen molar-refractivity contribution < 1.29 is 123 Å². The first-order valence-electron chi connectivity index (χ1n) is 21.9. The predicted octanol–water partition coefficient (Wildman–Crippen LogP) is 8.29. The van der Waals surface area contributed by atoms with E-state index in [1.165, 1.54) is 13.2 Å². The Morgan fingerprint density at radius 1 is 0.553 bits per heavy atom. The summed E-state index contributed by atoms with van der Waals surface area (Å²) in [4.78, 5) is 8.15. The van der Waals surface area contributed by atoms with E-state index >= 15 is 0 Å². The average molecular weight is 1360 g/mol. The highest BCUT2D eigenvalue weighted by atomic mass is 35.5. The molecule has 85 heavy (non-hydrogen) atoms. The molecule has 0 fully saturated rings. The van der Waals surface area contributed by atoms with Crippen LogP contribution >= 0.6 is 48.3 Å². The first-order chi connectivity index (χ1) is 40.1. The van der Waals surface area contributed by atoms with E-state index < -0.39 is 152 Å². The number of methoxy groups -OCH3 is 1. The minimum Gasteiger partial charge on any atom is -0.505 e. The van der Waals surface area contributed by atoms with Gasteiger partial charge in [-0.2, -0.15) is 45.3 Å². The predicted molar refractivity (Wildman–Crippen MR) is 291 cm³/mol. The molecule has 0 aliphatic heterocycles. The van der Waals surface area contributed by atoms with Gasteiger partial charge >= 0.3 is 0 Å².